The maximum absolute atomic E-state index is 12.6. The van der Waals surface area contributed by atoms with Crippen LogP contribution in [-0.2, 0) is 10.1 Å². The second-order valence-electron chi connectivity index (χ2n) is 4.97. The molecular formula is C17H15BrN2O5S. The number of carbonyl (C=O) groups is 1. The van der Waals surface area contributed by atoms with Crippen LogP contribution in [0.3, 0.4) is 0 Å². The average molecular weight is 439 g/mol. The van der Waals surface area contributed by atoms with Crippen molar-refractivity contribution in [3.05, 3.63) is 52.0 Å². The van der Waals surface area contributed by atoms with Crippen LogP contribution in [0.1, 0.15) is 22.8 Å². The number of carbonyl (C=O) groups excluding carboxylic acids is 1. The zero-order valence-corrected chi connectivity index (χ0v) is 16.3. The van der Waals surface area contributed by atoms with Crippen LogP contribution in [0.4, 0.5) is 0 Å². The van der Waals surface area contributed by atoms with Crippen molar-refractivity contribution < 1.29 is 22.1 Å². The lowest BCUT2D eigenvalue weighted by molar-refractivity contribution is 0.0963. The number of benzene rings is 2. The predicted molar refractivity (Wildman–Crippen MR) is 97.7 cm³/mol. The maximum atomic E-state index is 12.6. The zero-order chi connectivity index (χ0) is 19.3. The van der Waals surface area contributed by atoms with Gasteiger partial charge in [0.15, 0.2) is 11.5 Å². The number of ether oxygens (including phenoxy) is 1. The van der Waals surface area contributed by atoms with Gasteiger partial charge >= 0.3 is 10.1 Å². The first-order chi connectivity index (χ1) is 12.3. The molecule has 2 aromatic carbocycles. The topological polar surface area (TPSA) is 105 Å². The van der Waals surface area contributed by atoms with E-state index in [4.69, 9.17) is 14.2 Å². The number of nitrogens with zero attached hydrogens (tertiary/aromatic N) is 1. The molecule has 0 fully saturated rings. The molecule has 1 N–H and O–H groups in total. The number of halogens is 1. The van der Waals surface area contributed by atoms with Crippen molar-refractivity contribution in [3.8, 4) is 17.6 Å². The van der Waals surface area contributed by atoms with Gasteiger partial charge in [-0.3, -0.25) is 4.79 Å². The SMILES string of the molecule is CCOc1cc(C#N)cc(Br)c1OS(=O)(=O)c1ccc(C(=O)NC)cc1. The third-order valence-corrected chi connectivity index (χ3v) is 5.09. The Bertz CT molecular complexity index is 966. The van der Waals surface area contributed by atoms with Gasteiger partial charge in [-0.25, -0.2) is 0 Å². The second kappa shape index (κ2) is 8.21. The molecule has 0 bridgehead atoms. The van der Waals surface area contributed by atoms with E-state index in [9.17, 15) is 13.2 Å². The Morgan fingerprint density at radius 1 is 1.27 bits per heavy atom. The van der Waals surface area contributed by atoms with E-state index in [2.05, 4.69) is 21.2 Å². The molecule has 0 aromatic heterocycles. The van der Waals surface area contributed by atoms with Gasteiger partial charge in [0, 0.05) is 18.7 Å². The fourth-order valence-electron chi connectivity index (χ4n) is 2.05. The molecule has 0 atom stereocenters. The van der Waals surface area contributed by atoms with Gasteiger partial charge in [0.2, 0.25) is 0 Å². The Balaban J connectivity index is 2.40. The molecule has 0 aliphatic rings. The van der Waals surface area contributed by atoms with E-state index in [-0.39, 0.29) is 33.4 Å². The smallest absolute Gasteiger partial charge is 0.339 e. The minimum atomic E-state index is -4.17. The molecule has 2 aromatic rings. The number of hydrogen-bond donors (Lipinski definition) is 1. The number of nitrogens with one attached hydrogen (secondary N) is 1. The summed E-state index contributed by atoms with van der Waals surface area (Å²) in [5.74, 6) is -0.256. The summed E-state index contributed by atoms with van der Waals surface area (Å²) in [6.07, 6.45) is 0. The van der Waals surface area contributed by atoms with E-state index >= 15 is 0 Å². The third-order valence-electron chi connectivity index (χ3n) is 3.26. The first-order valence-corrected chi connectivity index (χ1v) is 9.65. The Kier molecular flexibility index (Phi) is 6.23. The van der Waals surface area contributed by atoms with Crippen LogP contribution in [-0.4, -0.2) is 28.0 Å². The summed E-state index contributed by atoms with van der Waals surface area (Å²) in [5.41, 5.74) is 0.612. The molecule has 0 aliphatic carbocycles. The lowest BCUT2D eigenvalue weighted by Gasteiger charge is -2.14. The van der Waals surface area contributed by atoms with Crippen molar-refractivity contribution in [3.63, 3.8) is 0 Å². The summed E-state index contributed by atoms with van der Waals surface area (Å²) >= 11 is 3.20. The van der Waals surface area contributed by atoms with Gasteiger partial charge in [-0.2, -0.15) is 13.7 Å². The van der Waals surface area contributed by atoms with E-state index in [1.165, 1.54) is 43.4 Å². The van der Waals surface area contributed by atoms with Crippen molar-refractivity contribution >= 4 is 32.0 Å². The average Bonchev–Trinajstić information content (AvgIpc) is 2.63. The van der Waals surface area contributed by atoms with Crippen LogP contribution in [0.25, 0.3) is 0 Å². The monoisotopic (exact) mass is 438 g/mol. The Labute approximate surface area is 159 Å². The van der Waals surface area contributed by atoms with E-state index in [0.29, 0.717) is 11.1 Å². The van der Waals surface area contributed by atoms with Crippen LogP contribution in [0.15, 0.2) is 45.8 Å². The molecule has 0 saturated carbocycles. The van der Waals surface area contributed by atoms with Crippen molar-refractivity contribution in [1.29, 1.82) is 5.26 Å². The highest BCUT2D eigenvalue weighted by atomic mass is 79.9. The molecule has 7 nitrogen and oxygen atoms in total. The summed E-state index contributed by atoms with van der Waals surface area (Å²) in [4.78, 5) is 11.4. The highest BCUT2D eigenvalue weighted by molar-refractivity contribution is 9.10. The first-order valence-electron chi connectivity index (χ1n) is 7.45. The predicted octanol–water partition coefficient (Wildman–Crippen LogP) is 2.85. The fraction of sp³-hybridized carbons (Fsp3) is 0.176. The molecule has 26 heavy (non-hydrogen) atoms. The molecule has 0 unspecified atom stereocenters. The van der Waals surface area contributed by atoms with Gasteiger partial charge in [0.1, 0.15) is 4.90 Å². The second-order valence-corrected chi connectivity index (χ2v) is 7.37. The molecule has 1 amide bonds. The van der Waals surface area contributed by atoms with Crippen LogP contribution in [0.5, 0.6) is 11.5 Å². The third kappa shape index (κ3) is 4.33. The van der Waals surface area contributed by atoms with Gasteiger partial charge in [-0.1, -0.05) is 0 Å². The molecule has 0 radical (unpaired) electrons. The van der Waals surface area contributed by atoms with Crippen LogP contribution in [0, 0.1) is 11.3 Å². The molecule has 0 spiro atoms. The highest BCUT2D eigenvalue weighted by Crippen LogP contribution is 2.38. The minimum Gasteiger partial charge on any atom is -0.490 e. The Hall–Kier alpha value is -2.57. The van der Waals surface area contributed by atoms with Crippen LogP contribution < -0.4 is 14.2 Å². The van der Waals surface area contributed by atoms with Crippen LogP contribution in [0.2, 0.25) is 0 Å². The summed E-state index contributed by atoms with van der Waals surface area (Å²) in [6.45, 7) is 1.99. The van der Waals surface area contributed by atoms with Crippen molar-refractivity contribution in [1.82, 2.24) is 5.32 Å². The number of nitriles is 1. The molecule has 0 saturated heterocycles. The van der Waals surface area contributed by atoms with Gasteiger partial charge in [-0.05, 0) is 53.2 Å². The molecular weight excluding hydrogens is 424 g/mol. The molecule has 9 heteroatoms. The number of amides is 1. The van der Waals surface area contributed by atoms with Crippen molar-refractivity contribution in [2.24, 2.45) is 0 Å². The molecule has 0 aliphatic heterocycles. The van der Waals surface area contributed by atoms with Crippen molar-refractivity contribution in [2.45, 2.75) is 11.8 Å². The van der Waals surface area contributed by atoms with Crippen LogP contribution >= 0.6 is 15.9 Å². The fourth-order valence-corrected chi connectivity index (χ4v) is 3.64. The van der Waals surface area contributed by atoms with E-state index < -0.39 is 10.1 Å². The first kappa shape index (κ1) is 19.8. The molecule has 2 rings (SSSR count). The largest absolute Gasteiger partial charge is 0.490 e. The number of rotatable bonds is 6. The lowest BCUT2D eigenvalue weighted by Crippen LogP contribution is -2.18. The Morgan fingerprint density at radius 2 is 1.92 bits per heavy atom. The maximum Gasteiger partial charge on any atom is 0.339 e. The van der Waals surface area contributed by atoms with Gasteiger partial charge in [0.25, 0.3) is 5.91 Å². The summed E-state index contributed by atoms with van der Waals surface area (Å²) in [7, 11) is -2.69. The summed E-state index contributed by atoms with van der Waals surface area (Å²) in [5, 5.41) is 11.5. The summed E-state index contributed by atoms with van der Waals surface area (Å²) in [6, 6.07) is 10.1. The van der Waals surface area contributed by atoms with Gasteiger partial charge < -0.3 is 14.2 Å². The van der Waals surface area contributed by atoms with E-state index in [1.54, 1.807) is 6.92 Å². The normalized spacial score (nSPS) is 10.7. The summed E-state index contributed by atoms with van der Waals surface area (Å²) < 4.78 is 36.0. The van der Waals surface area contributed by atoms with E-state index in [0.717, 1.165) is 0 Å². The van der Waals surface area contributed by atoms with Gasteiger partial charge in [0.05, 0.1) is 22.7 Å². The zero-order valence-electron chi connectivity index (χ0n) is 13.9. The quantitative estimate of drug-likeness (QED) is 0.694. The molecule has 0 heterocycles. The van der Waals surface area contributed by atoms with Gasteiger partial charge in [-0.15, -0.1) is 0 Å². The lowest BCUT2D eigenvalue weighted by atomic mass is 10.2. The van der Waals surface area contributed by atoms with E-state index in [1.807, 2.05) is 6.07 Å². The minimum absolute atomic E-state index is 0.0544. The molecule has 136 valence electrons. The standard InChI is InChI=1S/C17H15BrN2O5S/c1-3-24-15-9-11(10-19)8-14(18)16(15)25-26(22,23)13-6-4-12(5-7-13)17(21)20-2/h4-9H,3H2,1-2H3,(H,20,21). The number of hydrogen-bond acceptors (Lipinski definition) is 6. The van der Waals surface area contributed by atoms with Crippen molar-refractivity contribution in [2.75, 3.05) is 13.7 Å². The Morgan fingerprint density at radius 3 is 2.46 bits per heavy atom. The highest BCUT2D eigenvalue weighted by Gasteiger charge is 2.22.